The van der Waals surface area contributed by atoms with Crippen LogP contribution in [0.4, 0.5) is 0 Å². The lowest BCUT2D eigenvalue weighted by Crippen LogP contribution is -2.41. The Kier molecular flexibility index (Phi) is 3.56. The van der Waals surface area contributed by atoms with Crippen molar-refractivity contribution in [1.82, 2.24) is 35.1 Å². The van der Waals surface area contributed by atoms with Crippen LogP contribution >= 0.6 is 0 Å². The Balaban J connectivity index is 1.69. The van der Waals surface area contributed by atoms with Crippen molar-refractivity contribution in [2.45, 2.75) is 25.9 Å². The van der Waals surface area contributed by atoms with Gasteiger partial charge in [-0.05, 0) is 22.9 Å². The van der Waals surface area contributed by atoms with Crippen LogP contribution in [0.1, 0.15) is 28.8 Å². The highest BCUT2D eigenvalue weighted by Gasteiger charge is 2.32. The molecule has 8 heteroatoms. The number of benzene rings is 1. The Labute approximate surface area is 138 Å². The first-order valence-corrected chi connectivity index (χ1v) is 7.83. The molecular weight excluding hydrogens is 306 g/mol. The topological polar surface area (TPSA) is 92.6 Å². The number of imidazole rings is 1. The molecule has 2 aromatic heterocycles. The van der Waals surface area contributed by atoms with E-state index >= 15 is 0 Å². The standard InChI is InChI=1S/C16H17N7O/c1-11-19-20-21-23(11)15(12-5-3-2-4-6-12)16(24)22-8-7-13-14(9-22)18-10-17-13/h2-6,10,15H,7-9H2,1H3,(H,17,18). The van der Waals surface area contributed by atoms with Gasteiger partial charge in [0.15, 0.2) is 6.04 Å². The summed E-state index contributed by atoms with van der Waals surface area (Å²) in [5.41, 5.74) is 2.90. The highest BCUT2D eigenvalue weighted by atomic mass is 16.2. The third kappa shape index (κ3) is 2.45. The second-order valence-corrected chi connectivity index (χ2v) is 5.82. The summed E-state index contributed by atoms with van der Waals surface area (Å²) in [4.78, 5) is 22.5. The van der Waals surface area contributed by atoms with Crippen LogP contribution in [0.15, 0.2) is 36.7 Å². The minimum Gasteiger partial charge on any atom is -0.347 e. The van der Waals surface area contributed by atoms with Gasteiger partial charge in [-0.3, -0.25) is 4.79 Å². The van der Waals surface area contributed by atoms with Gasteiger partial charge in [-0.25, -0.2) is 9.67 Å². The van der Waals surface area contributed by atoms with Gasteiger partial charge in [0.05, 0.1) is 24.3 Å². The molecule has 1 N–H and O–H groups in total. The maximum atomic E-state index is 13.3. The number of amides is 1. The van der Waals surface area contributed by atoms with Gasteiger partial charge < -0.3 is 9.88 Å². The van der Waals surface area contributed by atoms with Gasteiger partial charge >= 0.3 is 0 Å². The molecule has 1 atom stereocenters. The Hall–Kier alpha value is -3.03. The van der Waals surface area contributed by atoms with Crippen molar-refractivity contribution in [3.8, 4) is 0 Å². The molecule has 0 saturated heterocycles. The maximum Gasteiger partial charge on any atom is 0.252 e. The molecule has 0 saturated carbocycles. The fourth-order valence-corrected chi connectivity index (χ4v) is 3.07. The van der Waals surface area contributed by atoms with Crippen LogP contribution in [0.2, 0.25) is 0 Å². The molecule has 1 amide bonds. The highest BCUT2D eigenvalue weighted by Crippen LogP contribution is 2.24. The second kappa shape index (κ2) is 5.88. The SMILES string of the molecule is Cc1nnnn1C(C(=O)N1CCc2nc[nH]c2C1)c1ccccc1. The number of fused-ring (bicyclic) bond motifs is 1. The summed E-state index contributed by atoms with van der Waals surface area (Å²) in [6, 6.07) is 9.04. The van der Waals surface area contributed by atoms with Gasteiger partial charge in [0.1, 0.15) is 5.82 Å². The summed E-state index contributed by atoms with van der Waals surface area (Å²) < 4.78 is 1.58. The Morgan fingerprint density at radius 3 is 2.88 bits per heavy atom. The predicted molar refractivity (Wildman–Crippen MR) is 84.8 cm³/mol. The third-order valence-electron chi connectivity index (χ3n) is 4.34. The lowest BCUT2D eigenvalue weighted by Gasteiger charge is -2.30. The molecule has 8 nitrogen and oxygen atoms in total. The molecule has 0 bridgehead atoms. The number of hydrogen-bond acceptors (Lipinski definition) is 5. The minimum absolute atomic E-state index is 0.0168. The van der Waals surface area contributed by atoms with Crippen LogP contribution in [-0.2, 0) is 17.8 Å². The van der Waals surface area contributed by atoms with E-state index in [4.69, 9.17) is 0 Å². The first kappa shape index (κ1) is 14.6. The summed E-state index contributed by atoms with van der Waals surface area (Å²) in [6.45, 7) is 2.96. The molecule has 0 spiro atoms. The van der Waals surface area contributed by atoms with Crippen LogP contribution in [-0.4, -0.2) is 47.5 Å². The summed E-state index contributed by atoms with van der Waals surface area (Å²) in [5, 5.41) is 11.7. The Morgan fingerprint density at radius 1 is 1.29 bits per heavy atom. The smallest absolute Gasteiger partial charge is 0.252 e. The number of hydrogen-bond donors (Lipinski definition) is 1. The number of aromatic nitrogens is 6. The molecule has 1 unspecified atom stereocenters. The van der Waals surface area contributed by atoms with Gasteiger partial charge in [0.2, 0.25) is 0 Å². The monoisotopic (exact) mass is 323 g/mol. The van der Waals surface area contributed by atoms with E-state index in [9.17, 15) is 4.79 Å². The van der Waals surface area contributed by atoms with E-state index in [1.165, 1.54) is 0 Å². The Bertz CT molecular complexity index is 854. The van der Waals surface area contributed by atoms with Gasteiger partial charge in [0.25, 0.3) is 5.91 Å². The van der Waals surface area contributed by atoms with Crippen LogP contribution in [0, 0.1) is 6.92 Å². The number of nitrogens with zero attached hydrogens (tertiary/aromatic N) is 6. The first-order chi connectivity index (χ1) is 11.7. The molecule has 3 aromatic rings. The molecule has 1 aromatic carbocycles. The third-order valence-corrected chi connectivity index (χ3v) is 4.34. The lowest BCUT2D eigenvalue weighted by molar-refractivity contribution is -0.134. The normalized spacial score (nSPS) is 15.1. The number of rotatable bonds is 3. The lowest BCUT2D eigenvalue weighted by atomic mass is 10.0. The Morgan fingerprint density at radius 2 is 2.12 bits per heavy atom. The largest absolute Gasteiger partial charge is 0.347 e. The van der Waals surface area contributed by atoms with Crippen molar-refractivity contribution in [2.24, 2.45) is 0 Å². The van der Waals surface area contributed by atoms with Crippen LogP contribution in [0.5, 0.6) is 0 Å². The van der Waals surface area contributed by atoms with E-state index in [1.54, 1.807) is 17.9 Å². The zero-order valence-electron chi connectivity index (χ0n) is 13.3. The van der Waals surface area contributed by atoms with Gasteiger partial charge in [0, 0.05) is 13.0 Å². The quantitative estimate of drug-likeness (QED) is 0.772. The predicted octanol–water partition coefficient (Wildman–Crippen LogP) is 0.879. The van der Waals surface area contributed by atoms with E-state index in [2.05, 4.69) is 25.5 Å². The molecule has 0 radical (unpaired) electrons. The number of carbonyl (C=O) groups is 1. The molecule has 1 aliphatic heterocycles. The summed E-state index contributed by atoms with van der Waals surface area (Å²) >= 11 is 0. The molecular formula is C16H17N7O. The van der Waals surface area contributed by atoms with Gasteiger partial charge in [-0.1, -0.05) is 30.3 Å². The summed E-state index contributed by atoms with van der Waals surface area (Å²) in [6.07, 6.45) is 2.43. The zero-order valence-corrected chi connectivity index (χ0v) is 13.3. The minimum atomic E-state index is -0.564. The van der Waals surface area contributed by atoms with E-state index in [-0.39, 0.29) is 5.91 Å². The number of H-pyrrole nitrogens is 1. The van der Waals surface area contributed by atoms with Crippen molar-refractivity contribution >= 4 is 5.91 Å². The number of carbonyl (C=O) groups excluding carboxylic acids is 1. The van der Waals surface area contributed by atoms with Crippen molar-refractivity contribution in [3.05, 3.63) is 59.4 Å². The zero-order chi connectivity index (χ0) is 16.5. The number of nitrogens with one attached hydrogen (secondary N) is 1. The van der Waals surface area contributed by atoms with Crippen LogP contribution < -0.4 is 0 Å². The van der Waals surface area contributed by atoms with Crippen molar-refractivity contribution in [1.29, 1.82) is 0 Å². The summed E-state index contributed by atoms with van der Waals surface area (Å²) in [5.74, 6) is 0.591. The van der Waals surface area contributed by atoms with Crippen LogP contribution in [0.3, 0.4) is 0 Å². The molecule has 3 heterocycles. The number of aryl methyl sites for hydroxylation is 1. The van der Waals surface area contributed by atoms with Gasteiger partial charge in [-0.2, -0.15) is 0 Å². The van der Waals surface area contributed by atoms with Gasteiger partial charge in [-0.15, -0.1) is 5.10 Å². The van der Waals surface area contributed by atoms with E-state index in [0.717, 1.165) is 23.4 Å². The fourth-order valence-electron chi connectivity index (χ4n) is 3.07. The molecule has 0 fully saturated rings. The molecule has 122 valence electrons. The fraction of sp³-hybridized carbons (Fsp3) is 0.312. The molecule has 4 rings (SSSR count). The first-order valence-electron chi connectivity index (χ1n) is 7.83. The average molecular weight is 323 g/mol. The second-order valence-electron chi connectivity index (χ2n) is 5.82. The van der Waals surface area contributed by atoms with Crippen molar-refractivity contribution < 1.29 is 4.79 Å². The number of tetrazole rings is 1. The van der Waals surface area contributed by atoms with Crippen LogP contribution in [0.25, 0.3) is 0 Å². The average Bonchev–Trinajstić information content (AvgIpc) is 3.24. The molecule has 24 heavy (non-hydrogen) atoms. The van der Waals surface area contributed by atoms with Crippen molar-refractivity contribution in [2.75, 3.05) is 6.54 Å². The van der Waals surface area contributed by atoms with E-state index in [1.807, 2.05) is 35.2 Å². The van der Waals surface area contributed by atoms with Crippen molar-refractivity contribution in [3.63, 3.8) is 0 Å². The maximum absolute atomic E-state index is 13.3. The number of aromatic amines is 1. The summed E-state index contributed by atoms with van der Waals surface area (Å²) in [7, 11) is 0. The van der Waals surface area contributed by atoms with E-state index < -0.39 is 6.04 Å². The molecule has 0 aliphatic carbocycles. The highest BCUT2D eigenvalue weighted by molar-refractivity contribution is 5.83. The molecule has 1 aliphatic rings. The van der Waals surface area contributed by atoms with E-state index in [0.29, 0.717) is 18.9 Å².